The molecular weight excluding hydrogens is 364 g/mol. The summed E-state index contributed by atoms with van der Waals surface area (Å²) in [5, 5.41) is 9.06. The first kappa shape index (κ1) is 18.1. The molecule has 7 nitrogen and oxygen atoms in total. The molecule has 0 spiro atoms. The van der Waals surface area contributed by atoms with Gasteiger partial charge in [-0.3, -0.25) is 13.9 Å². The van der Waals surface area contributed by atoms with Crippen molar-refractivity contribution in [1.82, 2.24) is 4.90 Å². The highest BCUT2D eigenvalue weighted by Gasteiger charge is 2.31. The van der Waals surface area contributed by atoms with Crippen molar-refractivity contribution in [3.63, 3.8) is 0 Å². The maximum absolute atomic E-state index is 12.9. The van der Waals surface area contributed by atoms with Crippen molar-refractivity contribution in [2.24, 2.45) is 0 Å². The van der Waals surface area contributed by atoms with Crippen LogP contribution in [0.15, 0.2) is 24.3 Å². The van der Waals surface area contributed by atoms with Crippen molar-refractivity contribution in [2.45, 2.75) is 18.9 Å². The summed E-state index contributed by atoms with van der Waals surface area (Å²) in [5.41, 5.74) is 0.881. The summed E-state index contributed by atoms with van der Waals surface area (Å²) in [5.74, 6) is 0.308. The summed E-state index contributed by atoms with van der Waals surface area (Å²) >= 11 is 1.64. The molecule has 1 N–H and O–H groups in total. The molecule has 2 fully saturated rings. The van der Waals surface area contributed by atoms with Crippen LogP contribution in [0.2, 0.25) is 0 Å². The van der Waals surface area contributed by atoms with Gasteiger partial charge in [0, 0.05) is 30.2 Å². The molecule has 1 unspecified atom stereocenters. The van der Waals surface area contributed by atoms with E-state index in [0.29, 0.717) is 36.5 Å². The molecule has 1 amide bonds. The van der Waals surface area contributed by atoms with Gasteiger partial charge in [0.15, 0.2) is 0 Å². The summed E-state index contributed by atoms with van der Waals surface area (Å²) in [6.07, 6.45) is 0.490. The molecule has 2 aliphatic rings. The summed E-state index contributed by atoms with van der Waals surface area (Å²) in [6, 6.07) is 6.24. The Hall–Kier alpha value is -1.74. The molecule has 0 bridgehead atoms. The number of hydrogen-bond acceptors (Lipinski definition) is 5. The van der Waals surface area contributed by atoms with Gasteiger partial charge in [-0.1, -0.05) is 6.07 Å². The Balaban J connectivity index is 1.84. The quantitative estimate of drug-likeness (QED) is 0.840. The Morgan fingerprint density at radius 3 is 2.76 bits per heavy atom. The number of aliphatic carboxylic acids is 1. The van der Waals surface area contributed by atoms with Crippen LogP contribution in [0.4, 0.5) is 5.69 Å². The van der Waals surface area contributed by atoms with Crippen LogP contribution in [0, 0.1) is 0 Å². The standard InChI is InChI=1S/C16H20N2O5S2/c19-15(20)10-14-11-24-7-6-17(14)16(21)12-3-1-4-13(9-12)18-5-2-8-25(18,22)23/h1,3-4,9,14H,2,5-8,10-11H2,(H,19,20). The molecule has 3 rings (SSSR count). The fraction of sp³-hybridized carbons (Fsp3) is 0.500. The number of benzene rings is 1. The fourth-order valence-electron chi connectivity index (χ4n) is 3.18. The Kier molecular flexibility index (Phi) is 5.24. The van der Waals surface area contributed by atoms with Gasteiger partial charge in [0.2, 0.25) is 10.0 Å². The lowest BCUT2D eigenvalue weighted by molar-refractivity contribution is -0.138. The van der Waals surface area contributed by atoms with Crippen molar-refractivity contribution in [3.8, 4) is 0 Å². The zero-order valence-corrected chi connectivity index (χ0v) is 15.3. The van der Waals surface area contributed by atoms with E-state index in [2.05, 4.69) is 0 Å². The Labute approximate surface area is 151 Å². The minimum atomic E-state index is -3.31. The molecule has 2 aliphatic heterocycles. The first-order chi connectivity index (χ1) is 11.9. The second-order valence-electron chi connectivity index (χ2n) is 6.12. The minimum Gasteiger partial charge on any atom is -0.481 e. The van der Waals surface area contributed by atoms with E-state index in [1.165, 1.54) is 4.31 Å². The van der Waals surface area contributed by atoms with Crippen molar-refractivity contribution < 1.29 is 23.1 Å². The van der Waals surface area contributed by atoms with E-state index in [9.17, 15) is 18.0 Å². The number of thioether (sulfide) groups is 1. The zero-order chi connectivity index (χ0) is 18.0. The lowest BCUT2D eigenvalue weighted by atomic mass is 10.1. The van der Waals surface area contributed by atoms with E-state index in [1.54, 1.807) is 40.9 Å². The Morgan fingerprint density at radius 2 is 2.08 bits per heavy atom. The topological polar surface area (TPSA) is 95.0 Å². The van der Waals surface area contributed by atoms with Gasteiger partial charge in [-0.15, -0.1) is 0 Å². The van der Waals surface area contributed by atoms with Crippen LogP contribution in [0.5, 0.6) is 0 Å². The Morgan fingerprint density at radius 1 is 1.28 bits per heavy atom. The second-order valence-corrected chi connectivity index (χ2v) is 9.28. The van der Waals surface area contributed by atoms with Crippen LogP contribution in [0.25, 0.3) is 0 Å². The van der Waals surface area contributed by atoms with Crippen molar-refractivity contribution >= 4 is 39.3 Å². The molecule has 1 aromatic rings. The number of anilines is 1. The van der Waals surface area contributed by atoms with Gasteiger partial charge < -0.3 is 10.0 Å². The first-order valence-corrected chi connectivity index (χ1v) is 10.9. The van der Waals surface area contributed by atoms with E-state index < -0.39 is 16.0 Å². The summed E-state index contributed by atoms with van der Waals surface area (Å²) in [4.78, 5) is 25.5. The average Bonchev–Trinajstić information content (AvgIpc) is 2.93. The number of carbonyl (C=O) groups excluding carboxylic acids is 1. The molecule has 1 atom stereocenters. The predicted octanol–water partition coefficient (Wildman–Crippen LogP) is 1.26. The van der Waals surface area contributed by atoms with E-state index in [1.807, 2.05) is 0 Å². The zero-order valence-electron chi connectivity index (χ0n) is 13.6. The summed E-state index contributed by atoms with van der Waals surface area (Å²) in [6.45, 7) is 0.912. The van der Waals surface area contributed by atoms with Crippen LogP contribution in [-0.4, -0.2) is 66.7 Å². The number of rotatable bonds is 4. The molecule has 136 valence electrons. The highest BCUT2D eigenvalue weighted by molar-refractivity contribution is 7.99. The predicted molar refractivity (Wildman–Crippen MR) is 96.6 cm³/mol. The molecule has 2 saturated heterocycles. The monoisotopic (exact) mass is 384 g/mol. The van der Waals surface area contributed by atoms with Crippen molar-refractivity contribution in [1.29, 1.82) is 0 Å². The lowest BCUT2D eigenvalue weighted by Crippen LogP contribution is -2.47. The highest BCUT2D eigenvalue weighted by atomic mass is 32.2. The van der Waals surface area contributed by atoms with Gasteiger partial charge in [0.25, 0.3) is 5.91 Å². The maximum Gasteiger partial charge on any atom is 0.305 e. The van der Waals surface area contributed by atoms with Gasteiger partial charge >= 0.3 is 5.97 Å². The van der Waals surface area contributed by atoms with Gasteiger partial charge in [-0.05, 0) is 24.6 Å². The smallest absolute Gasteiger partial charge is 0.305 e. The van der Waals surface area contributed by atoms with Crippen LogP contribution >= 0.6 is 11.8 Å². The maximum atomic E-state index is 12.9. The molecule has 25 heavy (non-hydrogen) atoms. The average molecular weight is 384 g/mol. The van der Waals surface area contributed by atoms with Gasteiger partial charge in [0.1, 0.15) is 0 Å². The SMILES string of the molecule is O=C(O)CC1CSCCN1C(=O)c1cccc(N2CCCS2(=O)=O)c1. The minimum absolute atomic E-state index is 0.0844. The van der Waals surface area contributed by atoms with Crippen LogP contribution in [0.3, 0.4) is 0 Å². The van der Waals surface area contributed by atoms with E-state index in [0.717, 1.165) is 5.75 Å². The van der Waals surface area contributed by atoms with Crippen LogP contribution < -0.4 is 4.31 Å². The molecule has 1 aromatic carbocycles. The fourth-order valence-corrected chi connectivity index (χ4v) is 5.80. The van der Waals surface area contributed by atoms with Crippen LogP contribution in [-0.2, 0) is 14.8 Å². The number of carbonyl (C=O) groups is 2. The van der Waals surface area contributed by atoms with Gasteiger partial charge in [0.05, 0.1) is 23.9 Å². The van der Waals surface area contributed by atoms with E-state index in [-0.39, 0.29) is 24.1 Å². The number of carboxylic acids is 1. The molecule has 0 radical (unpaired) electrons. The lowest BCUT2D eigenvalue weighted by Gasteiger charge is -2.34. The molecule has 9 heteroatoms. The van der Waals surface area contributed by atoms with Crippen molar-refractivity contribution in [3.05, 3.63) is 29.8 Å². The molecule has 2 heterocycles. The molecule has 0 aliphatic carbocycles. The number of nitrogens with zero attached hydrogens (tertiary/aromatic N) is 2. The molecule has 0 saturated carbocycles. The number of sulfonamides is 1. The number of amides is 1. The van der Waals surface area contributed by atoms with E-state index >= 15 is 0 Å². The summed E-state index contributed by atoms with van der Waals surface area (Å²) in [7, 11) is -3.31. The second kappa shape index (κ2) is 7.25. The molecular formula is C16H20N2O5S2. The highest BCUT2D eigenvalue weighted by Crippen LogP contribution is 2.27. The van der Waals surface area contributed by atoms with Gasteiger partial charge in [-0.2, -0.15) is 11.8 Å². The number of hydrogen-bond donors (Lipinski definition) is 1. The third-order valence-corrected chi connectivity index (χ3v) is 7.34. The molecule has 0 aromatic heterocycles. The van der Waals surface area contributed by atoms with Crippen LogP contribution in [0.1, 0.15) is 23.2 Å². The Bertz CT molecular complexity index is 780. The first-order valence-electron chi connectivity index (χ1n) is 8.09. The largest absolute Gasteiger partial charge is 0.481 e. The van der Waals surface area contributed by atoms with E-state index in [4.69, 9.17) is 5.11 Å². The van der Waals surface area contributed by atoms with Crippen molar-refractivity contribution in [2.75, 3.05) is 34.7 Å². The number of carboxylic acid groups (broad SMARTS) is 1. The normalized spacial score (nSPS) is 22.8. The van der Waals surface area contributed by atoms with Gasteiger partial charge in [-0.25, -0.2) is 8.42 Å². The third kappa shape index (κ3) is 3.92. The summed E-state index contributed by atoms with van der Waals surface area (Å²) < 4.78 is 25.5. The third-order valence-electron chi connectivity index (χ3n) is 4.38.